The van der Waals surface area contributed by atoms with E-state index in [2.05, 4.69) is 19.8 Å². The second kappa shape index (κ2) is 6.05. The van der Waals surface area contributed by atoms with Gasteiger partial charge in [0.2, 0.25) is 0 Å². The molecule has 76 valence electrons. The normalized spacial score (nSPS) is 17.5. The molecule has 0 aliphatic heterocycles. The van der Waals surface area contributed by atoms with Gasteiger partial charge in [-0.3, -0.25) is 0 Å². The highest BCUT2D eigenvalue weighted by atomic mass is 16.5. The predicted molar refractivity (Wildman–Crippen MR) is 57.6 cm³/mol. The number of ether oxygens (including phenoxy) is 1. The lowest BCUT2D eigenvalue weighted by Crippen LogP contribution is -2.24. The highest BCUT2D eigenvalue weighted by Crippen LogP contribution is 2.19. The van der Waals surface area contributed by atoms with Crippen LogP contribution < -0.4 is 0 Å². The summed E-state index contributed by atoms with van der Waals surface area (Å²) in [5.74, 6) is 3.50. The molecule has 0 aliphatic rings. The fourth-order valence-electron chi connectivity index (χ4n) is 1.23. The molecule has 0 rings (SSSR count). The van der Waals surface area contributed by atoms with Gasteiger partial charge in [0.05, 0.1) is 0 Å². The van der Waals surface area contributed by atoms with Gasteiger partial charge in [-0.25, -0.2) is 0 Å². The van der Waals surface area contributed by atoms with Crippen molar-refractivity contribution >= 4 is 0 Å². The van der Waals surface area contributed by atoms with Crippen LogP contribution in [-0.4, -0.2) is 12.7 Å². The van der Waals surface area contributed by atoms with Crippen LogP contribution in [0.2, 0.25) is 0 Å². The van der Waals surface area contributed by atoms with Crippen molar-refractivity contribution in [2.45, 2.75) is 52.1 Å². The van der Waals surface area contributed by atoms with E-state index in [-0.39, 0.29) is 5.60 Å². The number of hydrogen-bond donors (Lipinski definition) is 0. The Morgan fingerprint density at radius 1 is 1.54 bits per heavy atom. The van der Waals surface area contributed by atoms with E-state index in [0.717, 1.165) is 18.8 Å². The van der Waals surface area contributed by atoms with Crippen LogP contribution in [0, 0.1) is 18.3 Å². The van der Waals surface area contributed by atoms with Gasteiger partial charge in [0, 0.05) is 7.11 Å². The van der Waals surface area contributed by atoms with Crippen molar-refractivity contribution in [1.82, 2.24) is 0 Å². The average molecular weight is 182 g/mol. The minimum Gasteiger partial charge on any atom is -0.366 e. The molecule has 2 unspecified atom stereocenters. The molecule has 13 heavy (non-hydrogen) atoms. The van der Waals surface area contributed by atoms with E-state index in [1.54, 1.807) is 7.11 Å². The van der Waals surface area contributed by atoms with Gasteiger partial charge in [0.25, 0.3) is 0 Å². The number of methoxy groups -OCH3 is 1. The van der Waals surface area contributed by atoms with Crippen molar-refractivity contribution in [2.75, 3.05) is 7.11 Å². The second-order valence-electron chi connectivity index (χ2n) is 3.98. The van der Waals surface area contributed by atoms with Gasteiger partial charge in [-0.15, -0.1) is 6.42 Å². The molecule has 0 saturated carbocycles. The molecular weight excluding hydrogens is 160 g/mol. The second-order valence-corrected chi connectivity index (χ2v) is 3.98. The summed E-state index contributed by atoms with van der Waals surface area (Å²) in [6, 6.07) is 0. The van der Waals surface area contributed by atoms with Crippen molar-refractivity contribution in [3.8, 4) is 12.3 Å². The molecule has 0 radical (unpaired) electrons. The fraction of sp³-hybridized carbons (Fsp3) is 0.833. The molecular formula is C12H22O. The SMILES string of the molecule is C#CC(C)(CCCC(C)CC)OC. The third kappa shape index (κ3) is 4.95. The monoisotopic (exact) mass is 182 g/mol. The van der Waals surface area contributed by atoms with Crippen LogP contribution in [0.5, 0.6) is 0 Å². The summed E-state index contributed by atoms with van der Waals surface area (Å²) < 4.78 is 5.27. The summed E-state index contributed by atoms with van der Waals surface area (Å²) in [5.41, 5.74) is -0.354. The molecule has 1 heteroatoms. The Morgan fingerprint density at radius 2 is 2.15 bits per heavy atom. The Bertz CT molecular complexity index is 168. The van der Waals surface area contributed by atoms with Crippen molar-refractivity contribution in [1.29, 1.82) is 0 Å². The van der Waals surface area contributed by atoms with Gasteiger partial charge in [-0.1, -0.05) is 32.6 Å². The van der Waals surface area contributed by atoms with Crippen molar-refractivity contribution in [3.63, 3.8) is 0 Å². The van der Waals surface area contributed by atoms with Crippen LogP contribution >= 0.6 is 0 Å². The van der Waals surface area contributed by atoms with E-state index in [9.17, 15) is 0 Å². The number of hydrogen-bond acceptors (Lipinski definition) is 1. The molecule has 0 aromatic carbocycles. The van der Waals surface area contributed by atoms with Gasteiger partial charge in [0.1, 0.15) is 5.60 Å². The smallest absolute Gasteiger partial charge is 0.125 e. The zero-order valence-corrected chi connectivity index (χ0v) is 9.39. The first-order valence-electron chi connectivity index (χ1n) is 5.11. The maximum absolute atomic E-state index is 5.39. The quantitative estimate of drug-likeness (QED) is 0.573. The molecule has 0 saturated heterocycles. The van der Waals surface area contributed by atoms with Crippen molar-refractivity contribution < 1.29 is 4.74 Å². The first kappa shape index (κ1) is 12.5. The lowest BCUT2D eigenvalue weighted by atomic mass is 9.95. The first-order valence-corrected chi connectivity index (χ1v) is 5.11. The lowest BCUT2D eigenvalue weighted by Gasteiger charge is -2.22. The molecule has 0 aromatic heterocycles. The maximum atomic E-state index is 5.39. The minimum atomic E-state index is -0.354. The molecule has 0 amide bonds. The summed E-state index contributed by atoms with van der Waals surface area (Å²) in [4.78, 5) is 0. The highest BCUT2D eigenvalue weighted by molar-refractivity contribution is 5.05. The van der Waals surface area contributed by atoms with E-state index in [0.29, 0.717) is 0 Å². The average Bonchev–Trinajstić information content (AvgIpc) is 2.17. The van der Waals surface area contributed by atoms with Crippen molar-refractivity contribution in [3.05, 3.63) is 0 Å². The largest absolute Gasteiger partial charge is 0.366 e. The lowest BCUT2D eigenvalue weighted by molar-refractivity contribution is 0.0470. The van der Waals surface area contributed by atoms with Gasteiger partial charge in [0.15, 0.2) is 0 Å². The summed E-state index contributed by atoms with van der Waals surface area (Å²) in [6.07, 6.45) is 10.0. The van der Waals surface area contributed by atoms with E-state index in [1.165, 1.54) is 12.8 Å². The summed E-state index contributed by atoms with van der Waals surface area (Å²) >= 11 is 0. The van der Waals surface area contributed by atoms with Crippen molar-refractivity contribution in [2.24, 2.45) is 5.92 Å². The van der Waals surface area contributed by atoms with Gasteiger partial charge in [-0.05, 0) is 25.7 Å². The van der Waals surface area contributed by atoms with Crippen LogP contribution in [0.15, 0.2) is 0 Å². The fourth-order valence-corrected chi connectivity index (χ4v) is 1.23. The van der Waals surface area contributed by atoms with Gasteiger partial charge >= 0.3 is 0 Å². The van der Waals surface area contributed by atoms with Gasteiger partial charge in [-0.2, -0.15) is 0 Å². The molecule has 0 spiro atoms. The van der Waals surface area contributed by atoms with Crippen LogP contribution in [0.1, 0.15) is 46.5 Å². The predicted octanol–water partition coefficient (Wildman–Crippen LogP) is 3.24. The third-order valence-corrected chi connectivity index (χ3v) is 2.80. The highest BCUT2D eigenvalue weighted by Gasteiger charge is 2.19. The number of rotatable bonds is 6. The van der Waals surface area contributed by atoms with E-state index in [1.807, 2.05) is 6.92 Å². The van der Waals surface area contributed by atoms with Crippen LogP contribution in [-0.2, 0) is 4.74 Å². The Kier molecular flexibility index (Phi) is 5.82. The first-order chi connectivity index (χ1) is 6.08. The number of terminal acetylenes is 1. The standard InChI is InChI=1S/C12H22O/c1-6-11(3)9-8-10-12(4,7-2)13-5/h2,11H,6,8-10H2,1,3-5H3. The van der Waals surface area contributed by atoms with Gasteiger partial charge < -0.3 is 4.74 Å². The molecule has 0 heterocycles. The summed E-state index contributed by atoms with van der Waals surface area (Å²) in [7, 11) is 1.68. The van der Waals surface area contributed by atoms with E-state index in [4.69, 9.17) is 11.2 Å². The molecule has 2 atom stereocenters. The topological polar surface area (TPSA) is 9.23 Å². The van der Waals surface area contributed by atoms with Crippen LogP contribution in [0.3, 0.4) is 0 Å². The molecule has 0 fully saturated rings. The Hall–Kier alpha value is -0.480. The zero-order chi connectivity index (χ0) is 10.3. The van der Waals surface area contributed by atoms with E-state index < -0.39 is 0 Å². The molecule has 0 aliphatic carbocycles. The van der Waals surface area contributed by atoms with Crippen LogP contribution in [0.25, 0.3) is 0 Å². The minimum absolute atomic E-state index is 0.354. The summed E-state index contributed by atoms with van der Waals surface area (Å²) in [5, 5.41) is 0. The summed E-state index contributed by atoms with van der Waals surface area (Å²) in [6.45, 7) is 6.48. The molecule has 0 N–H and O–H groups in total. The molecule has 0 aromatic rings. The maximum Gasteiger partial charge on any atom is 0.125 e. The van der Waals surface area contributed by atoms with Crippen LogP contribution in [0.4, 0.5) is 0 Å². The zero-order valence-electron chi connectivity index (χ0n) is 9.39. The van der Waals surface area contributed by atoms with E-state index >= 15 is 0 Å². The Balaban J connectivity index is 3.69. The molecule has 0 bridgehead atoms. The Morgan fingerprint density at radius 3 is 2.54 bits per heavy atom. The third-order valence-electron chi connectivity index (χ3n) is 2.80. The Labute approximate surface area is 82.9 Å². The molecule has 1 nitrogen and oxygen atoms in total.